The lowest BCUT2D eigenvalue weighted by molar-refractivity contribution is -0.139. The first-order valence-electron chi connectivity index (χ1n) is 9.04. The molecule has 1 saturated heterocycles. The molecule has 0 unspecified atom stereocenters. The standard InChI is InChI=1S/C21H21ClN2O3/c1-27-18-5-3-2-4-17(18)24-13-12-23(14-19(24)25)20(26)21(10-11-21)15-6-8-16(22)9-7-15/h2-9H,10-14H2,1H3. The number of carbonyl (C=O) groups is 2. The van der Waals surface area contributed by atoms with Gasteiger partial charge in [-0.2, -0.15) is 0 Å². The smallest absolute Gasteiger partial charge is 0.246 e. The van der Waals surface area contributed by atoms with Crippen molar-refractivity contribution in [1.29, 1.82) is 0 Å². The van der Waals surface area contributed by atoms with Crippen molar-refractivity contribution >= 4 is 29.1 Å². The zero-order chi connectivity index (χ0) is 19.0. The van der Waals surface area contributed by atoms with Crippen LogP contribution in [0.2, 0.25) is 5.02 Å². The van der Waals surface area contributed by atoms with Crippen LogP contribution < -0.4 is 9.64 Å². The second-order valence-electron chi connectivity index (χ2n) is 7.03. The summed E-state index contributed by atoms with van der Waals surface area (Å²) in [7, 11) is 1.59. The van der Waals surface area contributed by atoms with Crippen molar-refractivity contribution in [3.63, 3.8) is 0 Å². The van der Waals surface area contributed by atoms with E-state index in [1.807, 2.05) is 48.5 Å². The second kappa shape index (κ2) is 6.89. The monoisotopic (exact) mass is 384 g/mol. The maximum absolute atomic E-state index is 13.2. The minimum Gasteiger partial charge on any atom is -0.495 e. The van der Waals surface area contributed by atoms with Crippen LogP contribution in [0, 0.1) is 0 Å². The summed E-state index contributed by atoms with van der Waals surface area (Å²) in [5, 5.41) is 0.655. The summed E-state index contributed by atoms with van der Waals surface area (Å²) in [6.45, 7) is 1.06. The van der Waals surface area contributed by atoms with Crippen molar-refractivity contribution in [2.45, 2.75) is 18.3 Å². The number of methoxy groups -OCH3 is 1. The van der Waals surface area contributed by atoms with E-state index in [0.29, 0.717) is 23.9 Å². The van der Waals surface area contributed by atoms with E-state index >= 15 is 0 Å². The Morgan fingerprint density at radius 3 is 2.41 bits per heavy atom. The van der Waals surface area contributed by atoms with Gasteiger partial charge in [-0.05, 0) is 42.7 Å². The first-order chi connectivity index (χ1) is 13.0. The highest BCUT2D eigenvalue weighted by molar-refractivity contribution is 6.30. The molecule has 2 aromatic carbocycles. The zero-order valence-corrected chi connectivity index (χ0v) is 15.9. The van der Waals surface area contributed by atoms with Crippen LogP contribution >= 0.6 is 11.6 Å². The molecule has 2 aromatic rings. The van der Waals surface area contributed by atoms with E-state index in [2.05, 4.69) is 0 Å². The number of hydrogen-bond donors (Lipinski definition) is 0. The lowest BCUT2D eigenvalue weighted by atomic mass is 9.94. The van der Waals surface area contributed by atoms with Crippen molar-refractivity contribution in [3.8, 4) is 5.75 Å². The van der Waals surface area contributed by atoms with E-state index in [4.69, 9.17) is 16.3 Å². The van der Waals surface area contributed by atoms with Gasteiger partial charge in [0.15, 0.2) is 0 Å². The number of halogens is 1. The average Bonchev–Trinajstić information content (AvgIpc) is 3.50. The van der Waals surface area contributed by atoms with E-state index in [1.165, 1.54) is 0 Å². The molecule has 1 aliphatic carbocycles. The quantitative estimate of drug-likeness (QED) is 0.813. The molecule has 1 saturated carbocycles. The Morgan fingerprint density at radius 1 is 1.07 bits per heavy atom. The Labute approximate surface area is 163 Å². The molecule has 2 fully saturated rings. The third-order valence-corrected chi connectivity index (χ3v) is 5.69. The van der Waals surface area contributed by atoms with Gasteiger partial charge in [0.05, 0.1) is 18.2 Å². The molecule has 6 heteroatoms. The summed E-state index contributed by atoms with van der Waals surface area (Å²) < 4.78 is 5.37. The van der Waals surface area contributed by atoms with Crippen LogP contribution in [0.3, 0.4) is 0 Å². The number of nitrogens with zero attached hydrogens (tertiary/aromatic N) is 2. The van der Waals surface area contributed by atoms with Gasteiger partial charge in [0.25, 0.3) is 0 Å². The molecule has 2 amide bonds. The van der Waals surface area contributed by atoms with Crippen LogP contribution in [0.15, 0.2) is 48.5 Å². The topological polar surface area (TPSA) is 49.9 Å². The maximum atomic E-state index is 13.2. The van der Waals surface area contributed by atoms with Crippen LogP contribution in [0.1, 0.15) is 18.4 Å². The summed E-state index contributed by atoms with van der Waals surface area (Å²) in [5.41, 5.74) is 1.24. The number of amides is 2. The number of carbonyl (C=O) groups excluding carboxylic acids is 2. The SMILES string of the molecule is COc1ccccc1N1CCN(C(=O)C2(c3ccc(Cl)cc3)CC2)CC1=O. The molecule has 1 aliphatic heterocycles. The predicted octanol–water partition coefficient (Wildman–Crippen LogP) is 3.26. The molecule has 2 aliphatic rings. The summed E-state index contributed by atoms with van der Waals surface area (Å²) in [6, 6.07) is 14.9. The molecule has 1 heterocycles. The molecule has 0 atom stereocenters. The van der Waals surface area contributed by atoms with Crippen molar-refractivity contribution in [3.05, 3.63) is 59.1 Å². The van der Waals surface area contributed by atoms with E-state index in [9.17, 15) is 9.59 Å². The Morgan fingerprint density at radius 2 is 1.78 bits per heavy atom. The van der Waals surface area contributed by atoms with Gasteiger partial charge in [0, 0.05) is 18.1 Å². The predicted molar refractivity (Wildman–Crippen MR) is 104 cm³/mol. The number of ether oxygens (including phenoxy) is 1. The van der Waals surface area contributed by atoms with Crippen LogP contribution in [0.4, 0.5) is 5.69 Å². The second-order valence-corrected chi connectivity index (χ2v) is 7.47. The molecule has 140 valence electrons. The van der Waals surface area contributed by atoms with E-state index in [0.717, 1.165) is 24.1 Å². The number of rotatable bonds is 4. The van der Waals surface area contributed by atoms with Crippen molar-refractivity contribution in [2.24, 2.45) is 0 Å². The summed E-state index contributed by atoms with van der Waals surface area (Å²) >= 11 is 5.97. The molecule has 27 heavy (non-hydrogen) atoms. The first kappa shape index (κ1) is 17.9. The van der Waals surface area contributed by atoms with Gasteiger partial charge < -0.3 is 14.5 Å². The van der Waals surface area contributed by atoms with Gasteiger partial charge >= 0.3 is 0 Å². The number of piperazine rings is 1. The Bertz CT molecular complexity index is 877. The molecule has 0 N–H and O–H groups in total. The highest BCUT2D eigenvalue weighted by Crippen LogP contribution is 2.50. The van der Waals surface area contributed by atoms with E-state index in [1.54, 1.807) is 16.9 Å². The molecule has 5 nitrogen and oxygen atoms in total. The van der Waals surface area contributed by atoms with Gasteiger partial charge in [-0.3, -0.25) is 9.59 Å². The number of benzene rings is 2. The zero-order valence-electron chi connectivity index (χ0n) is 15.2. The molecule has 0 spiro atoms. The fourth-order valence-corrected chi connectivity index (χ4v) is 3.90. The highest BCUT2D eigenvalue weighted by Gasteiger charge is 2.53. The lowest BCUT2D eigenvalue weighted by Crippen LogP contribution is -2.54. The van der Waals surface area contributed by atoms with Crippen LogP contribution in [0.5, 0.6) is 5.75 Å². The average molecular weight is 385 g/mol. The number of para-hydroxylation sites is 2. The first-order valence-corrected chi connectivity index (χ1v) is 9.42. The Kier molecular flexibility index (Phi) is 4.56. The van der Waals surface area contributed by atoms with Gasteiger partial charge in [0.1, 0.15) is 12.3 Å². The van der Waals surface area contributed by atoms with Gasteiger partial charge in [-0.15, -0.1) is 0 Å². The fourth-order valence-electron chi connectivity index (χ4n) is 3.78. The Balaban J connectivity index is 1.51. The third kappa shape index (κ3) is 3.16. The molecule has 0 aromatic heterocycles. The molecule has 0 bridgehead atoms. The van der Waals surface area contributed by atoms with Crippen LogP contribution in [-0.4, -0.2) is 43.5 Å². The molecule has 4 rings (SSSR count). The van der Waals surface area contributed by atoms with Crippen LogP contribution in [0.25, 0.3) is 0 Å². The van der Waals surface area contributed by atoms with Crippen molar-refractivity contribution in [2.75, 3.05) is 31.6 Å². The van der Waals surface area contributed by atoms with Gasteiger partial charge in [-0.25, -0.2) is 0 Å². The highest BCUT2D eigenvalue weighted by atomic mass is 35.5. The molecular weight excluding hydrogens is 364 g/mol. The Hall–Kier alpha value is -2.53. The van der Waals surface area contributed by atoms with Gasteiger partial charge in [-0.1, -0.05) is 35.9 Å². The summed E-state index contributed by atoms with van der Waals surface area (Å²) in [5.74, 6) is 0.606. The van der Waals surface area contributed by atoms with Crippen molar-refractivity contribution < 1.29 is 14.3 Å². The van der Waals surface area contributed by atoms with Crippen LogP contribution in [-0.2, 0) is 15.0 Å². The van der Waals surface area contributed by atoms with Gasteiger partial charge in [0.2, 0.25) is 11.8 Å². The minimum absolute atomic E-state index is 0.0397. The fraction of sp³-hybridized carbons (Fsp3) is 0.333. The lowest BCUT2D eigenvalue weighted by Gasteiger charge is -2.36. The number of hydrogen-bond acceptors (Lipinski definition) is 3. The van der Waals surface area contributed by atoms with E-state index in [-0.39, 0.29) is 18.4 Å². The normalized spacial score (nSPS) is 18.4. The third-order valence-electron chi connectivity index (χ3n) is 5.44. The largest absolute Gasteiger partial charge is 0.495 e. The number of anilines is 1. The molecular formula is C21H21ClN2O3. The summed E-state index contributed by atoms with van der Waals surface area (Å²) in [4.78, 5) is 29.3. The summed E-state index contributed by atoms with van der Waals surface area (Å²) in [6.07, 6.45) is 1.63. The van der Waals surface area contributed by atoms with Crippen molar-refractivity contribution in [1.82, 2.24) is 4.90 Å². The maximum Gasteiger partial charge on any atom is 0.246 e. The minimum atomic E-state index is -0.489. The van der Waals surface area contributed by atoms with E-state index < -0.39 is 5.41 Å². The molecule has 0 radical (unpaired) electrons.